The molecule has 2 aromatic rings. The van der Waals surface area contributed by atoms with E-state index in [9.17, 15) is 9.59 Å². The SMILES string of the molecule is Cc1cc2c(=O)[nH]c(Cl)nc2n1C(=O)OC(C)(C)C. The lowest BCUT2D eigenvalue weighted by Gasteiger charge is -2.20. The van der Waals surface area contributed by atoms with Gasteiger partial charge in [-0.2, -0.15) is 0 Å². The van der Waals surface area contributed by atoms with E-state index < -0.39 is 11.7 Å². The van der Waals surface area contributed by atoms with Crippen LogP contribution in [0.15, 0.2) is 10.9 Å². The zero-order chi connectivity index (χ0) is 14.4. The summed E-state index contributed by atoms with van der Waals surface area (Å²) in [5.41, 5.74) is -0.268. The van der Waals surface area contributed by atoms with E-state index in [2.05, 4.69) is 9.97 Å². The summed E-state index contributed by atoms with van der Waals surface area (Å²) >= 11 is 5.71. The molecular formula is C12H14ClN3O3. The van der Waals surface area contributed by atoms with Gasteiger partial charge in [-0.1, -0.05) is 0 Å². The van der Waals surface area contributed by atoms with Crippen LogP contribution in [-0.4, -0.2) is 26.2 Å². The van der Waals surface area contributed by atoms with Gasteiger partial charge in [0.25, 0.3) is 5.56 Å². The number of nitrogens with one attached hydrogen (secondary N) is 1. The monoisotopic (exact) mass is 283 g/mol. The first-order valence-electron chi connectivity index (χ1n) is 5.70. The Balaban J connectivity index is 2.64. The van der Waals surface area contributed by atoms with Gasteiger partial charge in [0, 0.05) is 5.69 Å². The van der Waals surface area contributed by atoms with E-state index in [0.717, 1.165) is 0 Å². The van der Waals surface area contributed by atoms with Gasteiger partial charge in [0.2, 0.25) is 5.28 Å². The molecule has 19 heavy (non-hydrogen) atoms. The van der Waals surface area contributed by atoms with Gasteiger partial charge in [-0.05, 0) is 45.4 Å². The molecule has 2 aromatic heterocycles. The Hall–Kier alpha value is -1.82. The molecule has 102 valence electrons. The van der Waals surface area contributed by atoms with E-state index in [1.54, 1.807) is 33.8 Å². The van der Waals surface area contributed by atoms with E-state index in [1.807, 2.05) is 0 Å². The summed E-state index contributed by atoms with van der Waals surface area (Å²) < 4.78 is 6.52. The fourth-order valence-corrected chi connectivity index (χ4v) is 1.89. The summed E-state index contributed by atoms with van der Waals surface area (Å²) in [6, 6.07) is 1.57. The number of hydrogen-bond acceptors (Lipinski definition) is 4. The van der Waals surface area contributed by atoms with Crippen molar-refractivity contribution in [2.75, 3.05) is 0 Å². The second-order valence-electron chi connectivity index (χ2n) is 5.20. The molecule has 0 amide bonds. The van der Waals surface area contributed by atoms with Crippen LogP contribution in [0.5, 0.6) is 0 Å². The Morgan fingerprint density at radius 2 is 2.11 bits per heavy atom. The second kappa shape index (κ2) is 4.38. The molecule has 0 aliphatic rings. The fourth-order valence-electron chi connectivity index (χ4n) is 1.72. The third-order valence-corrected chi connectivity index (χ3v) is 2.58. The van der Waals surface area contributed by atoms with E-state index in [1.165, 1.54) is 4.57 Å². The number of ether oxygens (including phenoxy) is 1. The molecule has 0 aliphatic heterocycles. The van der Waals surface area contributed by atoms with Crippen LogP contribution in [0.3, 0.4) is 0 Å². The highest BCUT2D eigenvalue weighted by Gasteiger charge is 2.22. The predicted molar refractivity (Wildman–Crippen MR) is 71.7 cm³/mol. The highest BCUT2D eigenvalue weighted by atomic mass is 35.5. The molecule has 2 rings (SSSR count). The molecule has 7 heteroatoms. The van der Waals surface area contributed by atoms with Gasteiger partial charge in [0.05, 0.1) is 5.39 Å². The summed E-state index contributed by atoms with van der Waals surface area (Å²) in [6.07, 6.45) is -0.589. The zero-order valence-electron chi connectivity index (χ0n) is 11.1. The summed E-state index contributed by atoms with van der Waals surface area (Å²) in [5, 5.41) is 0.230. The van der Waals surface area contributed by atoms with Crippen molar-refractivity contribution in [2.24, 2.45) is 0 Å². The number of aromatic amines is 1. The number of rotatable bonds is 0. The van der Waals surface area contributed by atoms with Gasteiger partial charge < -0.3 is 4.74 Å². The molecule has 0 fully saturated rings. The second-order valence-corrected chi connectivity index (χ2v) is 5.55. The van der Waals surface area contributed by atoms with Gasteiger partial charge in [-0.3, -0.25) is 9.78 Å². The molecule has 0 saturated carbocycles. The van der Waals surface area contributed by atoms with Crippen LogP contribution >= 0.6 is 11.6 Å². The summed E-state index contributed by atoms with van der Waals surface area (Å²) in [4.78, 5) is 30.2. The van der Waals surface area contributed by atoms with Gasteiger partial charge in [-0.15, -0.1) is 0 Å². The highest BCUT2D eigenvalue weighted by Crippen LogP contribution is 2.18. The number of carbonyl (C=O) groups is 1. The van der Waals surface area contributed by atoms with Crippen molar-refractivity contribution in [3.05, 3.63) is 27.4 Å². The van der Waals surface area contributed by atoms with E-state index in [-0.39, 0.29) is 16.5 Å². The van der Waals surface area contributed by atoms with E-state index in [4.69, 9.17) is 16.3 Å². The van der Waals surface area contributed by atoms with Crippen LogP contribution in [0.1, 0.15) is 26.5 Å². The van der Waals surface area contributed by atoms with Gasteiger partial charge in [0.1, 0.15) is 5.60 Å². The number of carbonyl (C=O) groups excluding carboxylic acids is 1. The van der Waals surface area contributed by atoms with Crippen molar-refractivity contribution >= 4 is 28.7 Å². The van der Waals surface area contributed by atoms with Crippen LogP contribution in [0.4, 0.5) is 4.79 Å². The summed E-state index contributed by atoms with van der Waals surface area (Å²) in [6.45, 7) is 6.98. The minimum absolute atomic E-state index is 0.0691. The Kier molecular flexibility index (Phi) is 3.14. The minimum Gasteiger partial charge on any atom is -0.443 e. The van der Waals surface area contributed by atoms with Crippen molar-refractivity contribution in [3.8, 4) is 0 Å². The topological polar surface area (TPSA) is 77.0 Å². The first kappa shape index (κ1) is 13.6. The lowest BCUT2D eigenvalue weighted by atomic mass is 10.2. The Bertz CT molecular complexity index is 709. The number of aromatic nitrogens is 3. The lowest BCUT2D eigenvalue weighted by Crippen LogP contribution is -2.28. The van der Waals surface area contributed by atoms with Crippen LogP contribution in [0, 0.1) is 6.92 Å². The number of fused-ring (bicyclic) bond motifs is 1. The molecule has 0 aliphatic carbocycles. The van der Waals surface area contributed by atoms with Gasteiger partial charge in [0.15, 0.2) is 5.65 Å². The quantitative estimate of drug-likeness (QED) is 0.754. The largest absolute Gasteiger partial charge is 0.443 e. The van der Waals surface area contributed by atoms with Crippen LogP contribution in [0.25, 0.3) is 11.0 Å². The number of aryl methyl sites for hydroxylation is 1. The van der Waals surface area contributed by atoms with Crippen LogP contribution in [-0.2, 0) is 4.74 Å². The van der Waals surface area contributed by atoms with Crippen molar-refractivity contribution in [2.45, 2.75) is 33.3 Å². The molecule has 0 aromatic carbocycles. The first-order chi connectivity index (χ1) is 8.69. The average Bonchev–Trinajstić information content (AvgIpc) is 2.52. The van der Waals surface area contributed by atoms with Crippen molar-refractivity contribution < 1.29 is 9.53 Å². The molecule has 6 nitrogen and oxygen atoms in total. The minimum atomic E-state index is -0.634. The van der Waals surface area contributed by atoms with Crippen LogP contribution in [0.2, 0.25) is 5.28 Å². The molecule has 0 radical (unpaired) electrons. The standard InChI is InChI=1S/C12H14ClN3O3/c1-6-5-7-8(14-10(13)15-9(7)17)16(6)11(18)19-12(2,3)4/h5H,1-4H3,(H,14,15,17). The Morgan fingerprint density at radius 1 is 1.47 bits per heavy atom. The normalized spacial score (nSPS) is 11.8. The smallest absolute Gasteiger partial charge is 0.420 e. The van der Waals surface area contributed by atoms with E-state index in [0.29, 0.717) is 11.1 Å². The molecule has 0 atom stereocenters. The maximum atomic E-state index is 12.1. The number of H-pyrrole nitrogens is 1. The number of hydrogen-bond donors (Lipinski definition) is 1. The predicted octanol–water partition coefficient (Wildman–Crippen LogP) is 2.47. The Labute approximate surface area is 114 Å². The maximum Gasteiger partial charge on any atom is 0.420 e. The molecule has 0 spiro atoms. The third-order valence-electron chi connectivity index (χ3n) is 2.40. The fraction of sp³-hybridized carbons (Fsp3) is 0.417. The van der Waals surface area contributed by atoms with Crippen molar-refractivity contribution in [1.82, 2.24) is 14.5 Å². The zero-order valence-corrected chi connectivity index (χ0v) is 11.8. The summed E-state index contributed by atoms with van der Waals surface area (Å²) in [5.74, 6) is 0. The summed E-state index contributed by atoms with van der Waals surface area (Å²) in [7, 11) is 0. The Morgan fingerprint density at radius 3 is 2.68 bits per heavy atom. The third kappa shape index (κ3) is 2.63. The van der Waals surface area contributed by atoms with Crippen LogP contribution < -0.4 is 5.56 Å². The van der Waals surface area contributed by atoms with Gasteiger partial charge >= 0.3 is 6.09 Å². The molecule has 0 unspecified atom stereocenters. The molecule has 2 heterocycles. The number of halogens is 1. The molecule has 0 bridgehead atoms. The molecular weight excluding hydrogens is 270 g/mol. The average molecular weight is 284 g/mol. The van der Waals surface area contributed by atoms with Crippen molar-refractivity contribution in [1.29, 1.82) is 0 Å². The first-order valence-corrected chi connectivity index (χ1v) is 6.08. The van der Waals surface area contributed by atoms with Crippen molar-refractivity contribution in [3.63, 3.8) is 0 Å². The van der Waals surface area contributed by atoms with E-state index >= 15 is 0 Å². The molecule has 0 saturated heterocycles. The maximum absolute atomic E-state index is 12.1. The molecule has 1 N–H and O–H groups in total. The number of nitrogens with zero attached hydrogens (tertiary/aromatic N) is 2. The lowest BCUT2D eigenvalue weighted by molar-refractivity contribution is 0.0541. The highest BCUT2D eigenvalue weighted by molar-refractivity contribution is 6.28. The van der Waals surface area contributed by atoms with Gasteiger partial charge in [-0.25, -0.2) is 14.3 Å².